The molecule has 1 aromatic rings. The third-order valence-corrected chi connectivity index (χ3v) is 3.27. The Bertz CT molecular complexity index is 526. The predicted octanol–water partition coefficient (Wildman–Crippen LogP) is -0.613. The van der Waals surface area contributed by atoms with E-state index in [1.165, 1.54) is 23.1 Å². The molecule has 20 heavy (non-hydrogen) atoms. The first-order valence-corrected chi connectivity index (χ1v) is 6.31. The highest BCUT2D eigenvalue weighted by atomic mass is 16.3. The van der Waals surface area contributed by atoms with E-state index in [9.17, 15) is 19.8 Å². The molecule has 1 unspecified atom stereocenters. The fraction of sp³-hybridized carbons (Fsp3) is 0.385. The molecule has 0 aromatic heterocycles. The molecule has 7 heteroatoms. The average Bonchev–Trinajstić information content (AvgIpc) is 2.91. The lowest BCUT2D eigenvalue weighted by molar-refractivity contribution is -0.119. The van der Waals surface area contributed by atoms with Gasteiger partial charge in [0, 0.05) is 12.6 Å². The van der Waals surface area contributed by atoms with E-state index in [1.807, 2.05) is 0 Å². The largest absolute Gasteiger partial charge is 0.508 e. The number of phenolic OH excluding ortho intramolecular Hbond substituents is 2. The number of carbonyl (C=O) groups excluding carboxylic acids is 2. The van der Waals surface area contributed by atoms with E-state index in [0.717, 1.165) is 6.54 Å². The van der Waals surface area contributed by atoms with Crippen LogP contribution in [0.2, 0.25) is 0 Å². The lowest BCUT2D eigenvalue weighted by Gasteiger charge is -2.27. The summed E-state index contributed by atoms with van der Waals surface area (Å²) >= 11 is 0. The molecule has 0 bridgehead atoms. The maximum Gasteiger partial charge on any atom is 0.258 e. The molecule has 0 aliphatic carbocycles. The number of nitrogens with zero attached hydrogens (tertiary/aromatic N) is 1. The van der Waals surface area contributed by atoms with Crippen molar-refractivity contribution >= 4 is 11.8 Å². The molecule has 0 saturated carbocycles. The maximum absolute atomic E-state index is 12.5. The molecule has 5 N–H and O–H groups in total. The number of aromatic hydroxyl groups is 2. The zero-order valence-corrected chi connectivity index (χ0v) is 10.9. The number of rotatable bonds is 4. The van der Waals surface area contributed by atoms with Crippen LogP contribution in [0, 0.1) is 0 Å². The SMILES string of the molecule is NC(=O)CN(C(=O)c1cc(O)ccc1O)C1CCNC1. The number of primary amides is 1. The Labute approximate surface area is 116 Å². The van der Waals surface area contributed by atoms with Gasteiger partial charge in [0.25, 0.3) is 5.91 Å². The van der Waals surface area contributed by atoms with Crippen molar-refractivity contribution in [3.8, 4) is 11.5 Å². The number of hydrogen-bond donors (Lipinski definition) is 4. The van der Waals surface area contributed by atoms with Gasteiger partial charge >= 0.3 is 0 Å². The van der Waals surface area contributed by atoms with Gasteiger partial charge in [-0.25, -0.2) is 0 Å². The summed E-state index contributed by atoms with van der Waals surface area (Å²) in [5.74, 6) is -1.52. The van der Waals surface area contributed by atoms with Gasteiger partial charge in [-0.1, -0.05) is 0 Å². The number of nitrogens with two attached hydrogens (primary N) is 1. The molecule has 2 rings (SSSR count). The number of amides is 2. The smallest absolute Gasteiger partial charge is 0.258 e. The molecule has 1 aliphatic heterocycles. The molecule has 1 heterocycles. The fourth-order valence-corrected chi connectivity index (χ4v) is 2.29. The van der Waals surface area contributed by atoms with Crippen LogP contribution >= 0.6 is 0 Å². The zero-order valence-electron chi connectivity index (χ0n) is 10.9. The molecule has 1 aliphatic rings. The van der Waals surface area contributed by atoms with Gasteiger partial charge in [-0.05, 0) is 31.2 Å². The Balaban J connectivity index is 2.29. The number of benzene rings is 1. The minimum Gasteiger partial charge on any atom is -0.508 e. The van der Waals surface area contributed by atoms with Crippen LogP contribution in [0.15, 0.2) is 18.2 Å². The van der Waals surface area contributed by atoms with Crippen LogP contribution in [0.25, 0.3) is 0 Å². The van der Waals surface area contributed by atoms with Crippen molar-refractivity contribution in [1.29, 1.82) is 0 Å². The van der Waals surface area contributed by atoms with Gasteiger partial charge in [-0.15, -0.1) is 0 Å². The van der Waals surface area contributed by atoms with Crippen LogP contribution in [-0.2, 0) is 4.79 Å². The first-order valence-electron chi connectivity index (χ1n) is 6.31. The van der Waals surface area contributed by atoms with Gasteiger partial charge < -0.3 is 26.2 Å². The predicted molar refractivity (Wildman–Crippen MR) is 71.3 cm³/mol. The van der Waals surface area contributed by atoms with Crippen LogP contribution in [-0.4, -0.2) is 52.6 Å². The summed E-state index contributed by atoms with van der Waals surface area (Å²) in [5.41, 5.74) is 5.14. The Hall–Kier alpha value is -2.28. The van der Waals surface area contributed by atoms with E-state index < -0.39 is 11.8 Å². The Morgan fingerprint density at radius 1 is 1.40 bits per heavy atom. The summed E-state index contributed by atoms with van der Waals surface area (Å²) in [6, 6.07) is 3.53. The summed E-state index contributed by atoms with van der Waals surface area (Å²) in [4.78, 5) is 24.9. The van der Waals surface area contributed by atoms with Crippen molar-refractivity contribution in [3.05, 3.63) is 23.8 Å². The minimum absolute atomic E-state index is 0.0434. The molecule has 1 fully saturated rings. The lowest BCUT2D eigenvalue weighted by atomic mass is 10.1. The highest BCUT2D eigenvalue weighted by molar-refractivity contribution is 5.99. The number of phenols is 2. The minimum atomic E-state index is -0.620. The topological polar surface area (TPSA) is 116 Å². The molecule has 108 valence electrons. The Kier molecular flexibility index (Phi) is 4.09. The van der Waals surface area contributed by atoms with E-state index >= 15 is 0 Å². The highest BCUT2D eigenvalue weighted by Gasteiger charge is 2.29. The van der Waals surface area contributed by atoms with Crippen LogP contribution in [0.1, 0.15) is 16.8 Å². The summed E-state index contributed by atoms with van der Waals surface area (Å²) in [6.07, 6.45) is 0.707. The van der Waals surface area contributed by atoms with Crippen molar-refractivity contribution in [1.82, 2.24) is 10.2 Å². The van der Waals surface area contributed by atoms with Crippen LogP contribution in [0.3, 0.4) is 0 Å². The van der Waals surface area contributed by atoms with Gasteiger partial charge in [0.15, 0.2) is 0 Å². The summed E-state index contributed by atoms with van der Waals surface area (Å²) in [6.45, 7) is 1.10. The van der Waals surface area contributed by atoms with Crippen molar-refractivity contribution in [2.45, 2.75) is 12.5 Å². The van der Waals surface area contributed by atoms with Gasteiger partial charge in [-0.3, -0.25) is 9.59 Å². The number of hydrogen-bond acceptors (Lipinski definition) is 5. The number of nitrogens with one attached hydrogen (secondary N) is 1. The lowest BCUT2D eigenvalue weighted by Crippen LogP contribution is -2.46. The summed E-state index contributed by atoms with van der Waals surface area (Å²) < 4.78 is 0. The van der Waals surface area contributed by atoms with Crippen LogP contribution < -0.4 is 11.1 Å². The second-order valence-electron chi connectivity index (χ2n) is 4.75. The van der Waals surface area contributed by atoms with Crippen molar-refractivity contribution in [2.24, 2.45) is 5.73 Å². The molecular formula is C13H17N3O4. The third kappa shape index (κ3) is 3.00. The fourth-order valence-electron chi connectivity index (χ4n) is 2.29. The molecule has 0 spiro atoms. The molecule has 1 saturated heterocycles. The normalized spacial score (nSPS) is 17.9. The quantitative estimate of drug-likeness (QED) is 0.549. The van der Waals surface area contributed by atoms with Crippen LogP contribution in [0.5, 0.6) is 11.5 Å². The van der Waals surface area contributed by atoms with E-state index in [-0.39, 0.29) is 29.6 Å². The van der Waals surface area contributed by atoms with E-state index in [0.29, 0.717) is 13.0 Å². The van der Waals surface area contributed by atoms with Crippen molar-refractivity contribution < 1.29 is 19.8 Å². The average molecular weight is 279 g/mol. The second-order valence-corrected chi connectivity index (χ2v) is 4.75. The van der Waals surface area contributed by atoms with Gasteiger partial charge in [0.2, 0.25) is 5.91 Å². The Morgan fingerprint density at radius 3 is 2.75 bits per heavy atom. The molecule has 2 amide bonds. The monoisotopic (exact) mass is 279 g/mol. The van der Waals surface area contributed by atoms with Crippen molar-refractivity contribution in [2.75, 3.05) is 19.6 Å². The highest BCUT2D eigenvalue weighted by Crippen LogP contribution is 2.25. The molecule has 1 aromatic carbocycles. The van der Waals surface area contributed by atoms with E-state index in [1.54, 1.807) is 0 Å². The zero-order chi connectivity index (χ0) is 14.7. The molecule has 0 radical (unpaired) electrons. The van der Waals surface area contributed by atoms with E-state index in [2.05, 4.69) is 5.32 Å². The molecular weight excluding hydrogens is 262 g/mol. The van der Waals surface area contributed by atoms with Gasteiger partial charge in [0.1, 0.15) is 11.5 Å². The second kappa shape index (κ2) is 5.79. The van der Waals surface area contributed by atoms with Gasteiger partial charge in [0.05, 0.1) is 12.1 Å². The van der Waals surface area contributed by atoms with E-state index in [4.69, 9.17) is 5.73 Å². The maximum atomic E-state index is 12.5. The van der Waals surface area contributed by atoms with Gasteiger partial charge in [-0.2, -0.15) is 0 Å². The summed E-state index contributed by atoms with van der Waals surface area (Å²) in [7, 11) is 0. The van der Waals surface area contributed by atoms with Crippen LogP contribution in [0.4, 0.5) is 0 Å². The van der Waals surface area contributed by atoms with Crippen molar-refractivity contribution in [3.63, 3.8) is 0 Å². The number of carbonyl (C=O) groups is 2. The molecule has 7 nitrogen and oxygen atoms in total. The standard InChI is InChI=1S/C13H17N3O4/c14-12(19)7-16(8-3-4-15-6-8)13(20)10-5-9(17)1-2-11(10)18/h1-2,5,8,15,17-18H,3-4,6-7H2,(H2,14,19). The molecule has 1 atom stereocenters. The third-order valence-electron chi connectivity index (χ3n) is 3.27. The summed E-state index contributed by atoms with van der Waals surface area (Å²) in [5, 5.41) is 22.3. The first-order chi connectivity index (χ1) is 9.49. The Morgan fingerprint density at radius 2 is 2.15 bits per heavy atom. The first kappa shape index (κ1) is 14.1.